The minimum absolute atomic E-state index is 0.0883. The number of carbonyl (C=O) groups is 3. The molecule has 0 aliphatic carbocycles. The van der Waals surface area contributed by atoms with Crippen molar-refractivity contribution < 1.29 is 19.1 Å². The zero-order valence-electron chi connectivity index (χ0n) is 18.3. The second kappa shape index (κ2) is 11.0. The van der Waals surface area contributed by atoms with Gasteiger partial charge in [-0.1, -0.05) is 79.7 Å². The molecule has 0 spiro atoms. The fourth-order valence-electron chi connectivity index (χ4n) is 3.37. The van der Waals surface area contributed by atoms with Crippen molar-refractivity contribution >= 4 is 17.7 Å². The van der Waals surface area contributed by atoms with E-state index in [1.54, 1.807) is 43.3 Å². The Bertz CT molecular complexity index is 1050. The number of hydrogen-bond acceptors (Lipinski definition) is 4. The highest BCUT2D eigenvalue weighted by Crippen LogP contribution is 2.19. The molecule has 0 heterocycles. The van der Waals surface area contributed by atoms with Gasteiger partial charge in [0.15, 0.2) is 6.10 Å². The van der Waals surface area contributed by atoms with Crippen molar-refractivity contribution in [3.05, 3.63) is 107 Å². The first-order chi connectivity index (χ1) is 15.5. The lowest BCUT2D eigenvalue weighted by Gasteiger charge is -2.20. The molecule has 0 saturated heterocycles. The summed E-state index contributed by atoms with van der Waals surface area (Å²) in [6.45, 7) is 3.61. The van der Waals surface area contributed by atoms with Gasteiger partial charge in [0.2, 0.25) is 5.78 Å². The van der Waals surface area contributed by atoms with Crippen molar-refractivity contribution in [1.82, 2.24) is 5.32 Å². The van der Waals surface area contributed by atoms with Crippen LogP contribution in [0.3, 0.4) is 0 Å². The van der Waals surface area contributed by atoms with E-state index in [1.165, 1.54) is 0 Å². The summed E-state index contributed by atoms with van der Waals surface area (Å²) in [4.78, 5) is 38.0. The summed E-state index contributed by atoms with van der Waals surface area (Å²) in [5.41, 5.74) is 2.91. The molecule has 0 aromatic heterocycles. The van der Waals surface area contributed by atoms with Gasteiger partial charge >= 0.3 is 5.97 Å². The third-order valence-electron chi connectivity index (χ3n) is 5.24. The summed E-state index contributed by atoms with van der Waals surface area (Å²) in [6, 6.07) is 24.7. The number of ketones is 1. The molecule has 0 aliphatic heterocycles. The van der Waals surface area contributed by atoms with Gasteiger partial charge in [-0.2, -0.15) is 0 Å². The molecule has 1 amide bonds. The number of rotatable bonds is 9. The highest BCUT2D eigenvalue weighted by molar-refractivity contribution is 6.00. The first kappa shape index (κ1) is 22.9. The summed E-state index contributed by atoms with van der Waals surface area (Å²) >= 11 is 0. The van der Waals surface area contributed by atoms with Crippen molar-refractivity contribution in [3.63, 3.8) is 0 Å². The van der Waals surface area contributed by atoms with E-state index in [2.05, 4.69) is 5.32 Å². The van der Waals surface area contributed by atoms with Crippen LogP contribution in [0, 0.1) is 0 Å². The maximum absolute atomic E-state index is 12.7. The van der Waals surface area contributed by atoms with Crippen LogP contribution in [0.5, 0.6) is 0 Å². The quantitative estimate of drug-likeness (QED) is 0.387. The number of benzene rings is 3. The third kappa shape index (κ3) is 6.14. The van der Waals surface area contributed by atoms with Crippen LogP contribution in [0.2, 0.25) is 0 Å². The molecule has 164 valence electrons. The molecule has 2 atom stereocenters. The van der Waals surface area contributed by atoms with Crippen molar-refractivity contribution in [2.24, 2.45) is 0 Å². The van der Waals surface area contributed by atoms with Crippen LogP contribution >= 0.6 is 0 Å². The molecule has 0 radical (unpaired) electrons. The lowest BCUT2D eigenvalue weighted by Crippen LogP contribution is -2.32. The summed E-state index contributed by atoms with van der Waals surface area (Å²) in [7, 11) is 0. The first-order valence-electron chi connectivity index (χ1n) is 10.7. The Balaban J connectivity index is 1.67. The van der Waals surface area contributed by atoms with Gasteiger partial charge in [-0.15, -0.1) is 0 Å². The Morgan fingerprint density at radius 1 is 0.812 bits per heavy atom. The molecule has 0 aliphatic rings. The first-order valence-corrected chi connectivity index (χ1v) is 10.7. The van der Waals surface area contributed by atoms with Crippen LogP contribution in [0.4, 0.5) is 0 Å². The van der Waals surface area contributed by atoms with Gasteiger partial charge in [0.05, 0.1) is 12.5 Å². The van der Waals surface area contributed by atoms with E-state index in [1.807, 2.05) is 55.5 Å². The van der Waals surface area contributed by atoms with E-state index >= 15 is 0 Å². The lowest BCUT2D eigenvalue weighted by molar-refractivity contribution is -0.146. The topological polar surface area (TPSA) is 72.5 Å². The van der Waals surface area contributed by atoms with Gasteiger partial charge < -0.3 is 10.1 Å². The summed E-state index contributed by atoms with van der Waals surface area (Å²) < 4.78 is 5.42. The highest BCUT2D eigenvalue weighted by atomic mass is 16.5. The molecule has 3 rings (SSSR count). The van der Waals surface area contributed by atoms with Crippen molar-refractivity contribution in [2.45, 2.75) is 38.8 Å². The van der Waals surface area contributed by atoms with E-state index < -0.39 is 18.1 Å². The molecule has 2 unspecified atom stereocenters. The molecule has 1 N–H and O–H groups in total. The predicted molar refractivity (Wildman–Crippen MR) is 123 cm³/mol. The van der Waals surface area contributed by atoms with Crippen LogP contribution < -0.4 is 5.32 Å². The Hall–Kier alpha value is -3.73. The number of nitrogens with one attached hydrogen (secondary N) is 1. The zero-order chi connectivity index (χ0) is 22.9. The van der Waals surface area contributed by atoms with Crippen molar-refractivity contribution in [1.29, 1.82) is 0 Å². The smallest absolute Gasteiger partial charge is 0.308 e. The molecule has 5 heteroatoms. The van der Waals surface area contributed by atoms with E-state index in [0.29, 0.717) is 11.1 Å². The Kier molecular flexibility index (Phi) is 7.92. The number of Topliss-reactive ketones (excluding diaryl/α,β-unsaturated/α-hetero) is 1. The number of hydrogen-bond donors (Lipinski definition) is 1. The number of ether oxygens (including phenoxy) is 1. The lowest BCUT2D eigenvalue weighted by atomic mass is 10.0. The monoisotopic (exact) mass is 429 g/mol. The van der Waals surface area contributed by atoms with Crippen LogP contribution in [-0.2, 0) is 16.0 Å². The molecule has 3 aromatic rings. The van der Waals surface area contributed by atoms with E-state index in [-0.39, 0.29) is 18.1 Å². The summed E-state index contributed by atoms with van der Waals surface area (Å²) in [5, 5.41) is 2.90. The maximum Gasteiger partial charge on any atom is 0.308 e. The van der Waals surface area contributed by atoms with Gasteiger partial charge in [-0.05, 0) is 36.6 Å². The van der Waals surface area contributed by atoms with Gasteiger partial charge in [-0.25, -0.2) is 0 Å². The Morgan fingerprint density at radius 2 is 1.41 bits per heavy atom. The molecule has 3 aromatic carbocycles. The fourth-order valence-corrected chi connectivity index (χ4v) is 3.37. The van der Waals surface area contributed by atoms with Crippen LogP contribution in [0.1, 0.15) is 58.2 Å². The minimum atomic E-state index is -0.920. The van der Waals surface area contributed by atoms with Gasteiger partial charge in [-0.3, -0.25) is 14.4 Å². The normalized spacial score (nSPS) is 12.4. The van der Waals surface area contributed by atoms with Gasteiger partial charge in [0, 0.05) is 11.1 Å². The molecule has 0 bridgehead atoms. The standard InChI is InChI=1S/C27H27NO4/c1-3-20-14-16-22(17-15-20)26(30)19(2)32-25(29)18-24(21-10-6-4-7-11-21)28-27(31)23-12-8-5-9-13-23/h4-17,19,24H,3,18H2,1-2H3,(H,28,31). The largest absolute Gasteiger partial charge is 0.454 e. The Labute approximate surface area is 188 Å². The van der Waals surface area contributed by atoms with E-state index in [0.717, 1.165) is 17.5 Å². The maximum atomic E-state index is 12.7. The molecule has 0 fully saturated rings. The average molecular weight is 430 g/mol. The van der Waals surface area contributed by atoms with Gasteiger partial charge in [0.1, 0.15) is 0 Å². The number of esters is 1. The Morgan fingerprint density at radius 3 is 2.00 bits per heavy atom. The third-order valence-corrected chi connectivity index (χ3v) is 5.24. The average Bonchev–Trinajstić information content (AvgIpc) is 2.84. The van der Waals surface area contributed by atoms with E-state index in [9.17, 15) is 14.4 Å². The second-order valence-corrected chi connectivity index (χ2v) is 7.55. The van der Waals surface area contributed by atoms with Crippen LogP contribution in [0.15, 0.2) is 84.9 Å². The number of carbonyl (C=O) groups excluding carboxylic acids is 3. The summed E-state index contributed by atoms with van der Waals surface area (Å²) in [6.07, 6.45) is -0.125. The highest BCUT2D eigenvalue weighted by Gasteiger charge is 2.24. The van der Waals surface area contributed by atoms with Gasteiger partial charge in [0.25, 0.3) is 5.91 Å². The second-order valence-electron chi connectivity index (χ2n) is 7.55. The SMILES string of the molecule is CCc1ccc(C(=O)C(C)OC(=O)CC(NC(=O)c2ccccc2)c2ccccc2)cc1. The predicted octanol–water partition coefficient (Wildman–Crippen LogP) is 4.92. The molecule has 0 saturated carbocycles. The molecular weight excluding hydrogens is 402 g/mol. The fraction of sp³-hybridized carbons (Fsp3) is 0.222. The molecule has 5 nitrogen and oxygen atoms in total. The van der Waals surface area contributed by atoms with Crippen molar-refractivity contribution in [3.8, 4) is 0 Å². The van der Waals surface area contributed by atoms with Crippen LogP contribution in [-0.4, -0.2) is 23.8 Å². The molecule has 32 heavy (non-hydrogen) atoms. The number of amides is 1. The number of aryl methyl sites for hydroxylation is 1. The summed E-state index contributed by atoms with van der Waals surface area (Å²) in [5.74, 6) is -1.10. The van der Waals surface area contributed by atoms with Crippen LogP contribution in [0.25, 0.3) is 0 Å². The molecular formula is C27H27NO4. The van der Waals surface area contributed by atoms with E-state index in [4.69, 9.17) is 4.74 Å². The zero-order valence-corrected chi connectivity index (χ0v) is 18.3. The van der Waals surface area contributed by atoms with Crippen molar-refractivity contribution in [2.75, 3.05) is 0 Å². The minimum Gasteiger partial charge on any atom is -0.454 e.